The van der Waals surface area contributed by atoms with Gasteiger partial charge >= 0.3 is 0 Å². The number of nitrogens with one attached hydrogen (secondary N) is 3. The average molecular weight is 332 g/mol. The summed E-state index contributed by atoms with van der Waals surface area (Å²) in [7, 11) is 0. The van der Waals surface area contributed by atoms with Gasteiger partial charge in [-0.25, -0.2) is 8.78 Å². The van der Waals surface area contributed by atoms with Gasteiger partial charge < -0.3 is 10.7 Å². The van der Waals surface area contributed by atoms with E-state index in [2.05, 4.69) is 26.3 Å². The summed E-state index contributed by atoms with van der Waals surface area (Å²) in [4.78, 5) is 4.14. The molecule has 24 heavy (non-hydrogen) atoms. The zero-order valence-electron chi connectivity index (χ0n) is 13.3. The van der Waals surface area contributed by atoms with E-state index in [0.717, 1.165) is 28.2 Å². The van der Waals surface area contributed by atoms with Gasteiger partial charge in [0, 0.05) is 29.9 Å². The second-order valence-corrected chi connectivity index (χ2v) is 5.50. The predicted octanol–water partition coefficient (Wildman–Crippen LogP) is 2.64. The maximum absolute atomic E-state index is 12.4. The van der Waals surface area contributed by atoms with Gasteiger partial charge in [-0.2, -0.15) is 5.10 Å². The number of anilines is 1. The standard InChI is InChI=1S/C16H18F2N6/c1-10-3-4-19-7-13(10)15-5-14(22-23-15)11(2)21-12-6-20-24(8-12)9-16(17)18/h3-8,16,21-23H,9H2,1-2H3/b14-11-. The van der Waals surface area contributed by atoms with Crippen LogP contribution in [0.5, 0.6) is 0 Å². The Hall–Kier alpha value is -2.90. The normalized spacial score (nSPS) is 15.8. The first-order valence-electron chi connectivity index (χ1n) is 7.46. The molecule has 1 aliphatic rings. The number of hydrogen-bond donors (Lipinski definition) is 3. The third-order valence-electron chi connectivity index (χ3n) is 3.64. The molecule has 0 fully saturated rings. The van der Waals surface area contributed by atoms with Gasteiger partial charge in [-0.05, 0) is 31.6 Å². The number of nitrogens with zero attached hydrogens (tertiary/aromatic N) is 3. The molecular weight excluding hydrogens is 314 g/mol. The van der Waals surface area contributed by atoms with Crippen LogP contribution in [0.3, 0.4) is 0 Å². The summed E-state index contributed by atoms with van der Waals surface area (Å²) < 4.78 is 25.9. The fraction of sp³-hybridized carbons (Fsp3) is 0.250. The van der Waals surface area contributed by atoms with Crippen molar-refractivity contribution in [3.8, 4) is 0 Å². The van der Waals surface area contributed by atoms with Crippen LogP contribution in [0.25, 0.3) is 5.70 Å². The van der Waals surface area contributed by atoms with Gasteiger partial charge in [0.25, 0.3) is 6.43 Å². The van der Waals surface area contributed by atoms with E-state index in [4.69, 9.17) is 0 Å². The lowest BCUT2D eigenvalue weighted by Gasteiger charge is -2.08. The lowest BCUT2D eigenvalue weighted by atomic mass is 10.1. The van der Waals surface area contributed by atoms with Crippen LogP contribution in [0.15, 0.2) is 48.3 Å². The van der Waals surface area contributed by atoms with Crippen molar-refractivity contribution in [2.24, 2.45) is 0 Å². The van der Waals surface area contributed by atoms with E-state index >= 15 is 0 Å². The van der Waals surface area contributed by atoms with E-state index < -0.39 is 13.0 Å². The molecule has 0 radical (unpaired) electrons. The fourth-order valence-corrected chi connectivity index (χ4v) is 2.40. The highest BCUT2D eigenvalue weighted by Crippen LogP contribution is 2.21. The topological polar surface area (TPSA) is 66.8 Å². The van der Waals surface area contributed by atoms with Gasteiger partial charge in [0.2, 0.25) is 0 Å². The lowest BCUT2D eigenvalue weighted by molar-refractivity contribution is 0.122. The molecule has 0 bridgehead atoms. The predicted molar refractivity (Wildman–Crippen MR) is 87.8 cm³/mol. The fourth-order valence-electron chi connectivity index (χ4n) is 2.40. The molecule has 0 unspecified atom stereocenters. The molecule has 8 heteroatoms. The lowest BCUT2D eigenvalue weighted by Crippen LogP contribution is -2.24. The molecule has 126 valence electrons. The monoisotopic (exact) mass is 332 g/mol. The first-order valence-corrected chi connectivity index (χ1v) is 7.46. The van der Waals surface area contributed by atoms with Crippen LogP contribution in [0.4, 0.5) is 14.5 Å². The molecule has 2 aromatic rings. The Labute approximate surface area is 138 Å². The van der Waals surface area contributed by atoms with Gasteiger partial charge in [0.1, 0.15) is 6.54 Å². The molecule has 0 spiro atoms. The van der Waals surface area contributed by atoms with Gasteiger partial charge in [-0.1, -0.05) is 0 Å². The highest BCUT2D eigenvalue weighted by molar-refractivity contribution is 5.71. The Balaban J connectivity index is 1.75. The zero-order valence-corrected chi connectivity index (χ0v) is 13.3. The van der Waals surface area contributed by atoms with E-state index in [1.165, 1.54) is 10.9 Å². The molecule has 3 rings (SSSR count). The molecule has 0 amide bonds. The Kier molecular flexibility index (Phi) is 4.45. The summed E-state index contributed by atoms with van der Waals surface area (Å²) in [6.45, 7) is 3.50. The number of hydrogen-bond acceptors (Lipinski definition) is 5. The van der Waals surface area contributed by atoms with Crippen LogP contribution < -0.4 is 16.2 Å². The number of hydrazine groups is 1. The number of allylic oxidation sites excluding steroid dienone is 2. The summed E-state index contributed by atoms with van der Waals surface area (Å²) in [5.74, 6) is 0. The quantitative estimate of drug-likeness (QED) is 0.785. The number of halogens is 2. The van der Waals surface area contributed by atoms with Gasteiger partial charge in [0.15, 0.2) is 0 Å². The van der Waals surface area contributed by atoms with Gasteiger partial charge in [0.05, 0.1) is 23.3 Å². The van der Waals surface area contributed by atoms with Gasteiger partial charge in [-0.3, -0.25) is 15.1 Å². The minimum absolute atomic E-state index is 0.415. The number of alkyl halides is 2. The third kappa shape index (κ3) is 3.53. The largest absolute Gasteiger partial charge is 0.355 e. The van der Waals surface area contributed by atoms with Crippen molar-refractivity contribution >= 4 is 11.4 Å². The van der Waals surface area contributed by atoms with E-state index in [1.54, 1.807) is 18.6 Å². The van der Waals surface area contributed by atoms with Crippen molar-refractivity contribution in [2.75, 3.05) is 5.32 Å². The van der Waals surface area contributed by atoms with Crippen molar-refractivity contribution in [1.82, 2.24) is 25.6 Å². The van der Waals surface area contributed by atoms with Crippen LogP contribution in [0.2, 0.25) is 0 Å². The molecule has 0 aromatic carbocycles. The van der Waals surface area contributed by atoms with Crippen molar-refractivity contribution in [3.05, 3.63) is 59.5 Å². The second kappa shape index (κ2) is 6.69. The summed E-state index contributed by atoms with van der Waals surface area (Å²) in [5, 5.41) is 7.05. The minimum Gasteiger partial charge on any atom is -0.355 e. The Morgan fingerprint density at radius 1 is 1.33 bits per heavy atom. The van der Waals surface area contributed by atoms with Crippen molar-refractivity contribution in [3.63, 3.8) is 0 Å². The van der Waals surface area contributed by atoms with E-state index in [-0.39, 0.29) is 0 Å². The zero-order chi connectivity index (χ0) is 17.1. The summed E-state index contributed by atoms with van der Waals surface area (Å²) in [6.07, 6.45) is 6.17. The molecule has 3 N–H and O–H groups in total. The number of aromatic nitrogens is 3. The van der Waals surface area contributed by atoms with Crippen LogP contribution >= 0.6 is 0 Å². The maximum Gasteiger partial charge on any atom is 0.257 e. The molecule has 0 atom stereocenters. The molecule has 6 nitrogen and oxygen atoms in total. The SMILES string of the molecule is C/C(Nc1cnn(CC(F)F)c1)=C1\C=C(c2cnccc2C)NN1. The van der Waals surface area contributed by atoms with Crippen LogP contribution in [0, 0.1) is 6.92 Å². The summed E-state index contributed by atoms with van der Waals surface area (Å²) in [6, 6.07) is 1.95. The van der Waals surface area contributed by atoms with Crippen LogP contribution in [0.1, 0.15) is 18.1 Å². The van der Waals surface area contributed by atoms with Crippen LogP contribution in [-0.2, 0) is 6.54 Å². The van der Waals surface area contributed by atoms with E-state index in [1.807, 2.05) is 26.0 Å². The average Bonchev–Trinajstić information content (AvgIpc) is 3.17. The Bertz CT molecular complexity index is 793. The molecule has 0 saturated carbocycles. The van der Waals surface area contributed by atoms with E-state index in [0.29, 0.717) is 5.69 Å². The van der Waals surface area contributed by atoms with Crippen molar-refractivity contribution in [1.29, 1.82) is 0 Å². The first-order chi connectivity index (χ1) is 11.5. The number of pyridine rings is 1. The first kappa shape index (κ1) is 16.0. The molecule has 2 aromatic heterocycles. The highest BCUT2D eigenvalue weighted by Gasteiger charge is 2.14. The second-order valence-electron chi connectivity index (χ2n) is 5.50. The molecular formula is C16H18F2N6. The molecule has 1 aliphatic heterocycles. The maximum atomic E-state index is 12.4. The minimum atomic E-state index is -2.42. The molecule has 0 saturated heterocycles. The van der Waals surface area contributed by atoms with Crippen molar-refractivity contribution < 1.29 is 8.78 Å². The third-order valence-corrected chi connectivity index (χ3v) is 3.64. The summed E-state index contributed by atoms with van der Waals surface area (Å²) >= 11 is 0. The van der Waals surface area contributed by atoms with Gasteiger partial charge in [-0.15, -0.1) is 0 Å². The Morgan fingerprint density at radius 3 is 2.92 bits per heavy atom. The van der Waals surface area contributed by atoms with E-state index in [9.17, 15) is 8.78 Å². The molecule has 0 aliphatic carbocycles. The summed E-state index contributed by atoms with van der Waals surface area (Å²) in [5.41, 5.74) is 11.6. The Morgan fingerprint density at radius 2 is 2.17 bits per heavy atom. The number of rotatable bonds is 5. The smallest absolute Gasteiger partial charge is 0.257 e. The van der Waals surface area contributed by atoms with Crippen molar-refractivity contribution in [2.45, 2.75) is 26.8 Å². The number of aryl methyl sites for hydroxylation is 1. The van der Waals surface area contributed by atoms with Crippen LogP contribution in [-0.4, -0.2) is 21.2 Å². The molecule has 3 heterocycles. The highest BCUT2D eigenvalue weighted by atomic mass is 19.3.